The first-order chi connectivity index (χ1) is 11.8. The fourth-order valence-corrected chi connectivity index (χ4v) is 4.87. The van der Waals surface area contributed by atoms with Gasteiger partial charge in [-0.1, -0.05) is 6.07 Å². The van der Waals surface area contributed by atoms with E-state index in [4.69, 9.17) is 4.74 Å². The second kappa shape index (κ2) is 6.62. The number of nitrogens with zero attached hydrogens (tertiary/aromatic N) is 2. The molecule has 1 aromatic rings. The summed E-state index contributed by atoms with van der Waals surface area (Å²) in [7, 11) is -3.09. The standard InChI is InChI=1S/C16H20N2O6S/c1-11-2-5-15(14(8-11)18(20)21)24-9-16(19)17(12-3-4-12)13-6-7-25(22,23)10-13/h2,5,8,12-13H,3-4,6-7,9-10H2,1H3/t13-/m1/s1. The van der Waals surface area contributed by atoms with E-state index in [2.05, 4.69) is 0 Å². The summed E-state index contributed by atoms with van der Waals surface area (Å²) in [5, 5.41) is 11.1. The number of nitro benzene ring substituents is 1. The van der Waals surface area contributed by atoms with Crippen LogP contribution in [0.2, 0.25) is 0 Å². The van der Waals surface area contributed by atoms with E-state index in [1.165, 1.54) is 12.1 Å². The Bertz CT molecular complexity index is 803. The molecule has 1 atom stereocenters. The zero-order valence-electron chi connectivity index (χ0n) is 13.9. The van der Waals surface area contributed by atoms with Gasteiger partial charge in [0.25, 0.3) is 5.91 Å². The van der Waals surface area contributed by atoms with Gasteiger partial charge in [0.1, 0.15) is 0 Å². The number of carbonyl (C=O) groups is 1. The maximum Gasteiger partial charge on any atom is 0.311 e. The van der Waals surface area contributed by atoms with Crippen molar-refractivity contribution in [2.24, 2.45) is 0 Å². The molecular weight excluding hydrogens is 348 g/mol. The third-order valence-electron chi connectivity index (χ3n) is 4.49. The molecule has 0 spiro atoms. The first kappa shape index (κ1) is 17.7. The van der Waals surface area contributed by atoms with Crippen LogP contribution in [0.3, 0.4) is 0 Å². The molecule has 1 amide bonds. The number of aryl methyl sites for hydroxylation is 1. The second-order valence-electron chi connectivity index (χ2n) is 6.61. The second-order valence-corrected chi connectivity index (χ2v) is 8.83. The molecule has 0 bridgehead atoms. The molecule has 0 unspecified atom stereocenters. The molecule has 0 aromatic heterocycles. The van der Waals surface area contributed by atoms with Crippen LogP contribution < -0.4 is 4.74 Å². The molecule has 1 saturated heterocycles. The van der Waals surface area contributed by atoms with Gasteiger partial charge >= 0.3 is 5.69 Å². The van der Waals surface area contributed by atoms with Gasteiger partial charge in [0.15, 0.2) is 22.2 Å². The van der Waals surface area contributed by atoms with Gasteiger partial charge in [0.05, 0.1) is 16.4 Å². The molecule has 25 heavy (non-hydrogen) atoms. The van der Waals surface area contributed by atoms with Gasteiger partial charge in [0.2, 0.25) is 0 Å². The summed E-state index contributed by atoms with van der Waals surface area (Å²) in [6.45, 7) is 1.40. The number of ether oxygens (including phenoxy) is 1. The minimum Gasteiger partial charge on any atom is -0.477 e. The number of hydrogen-bond donors (Lipinski definition) is 0. The zero-order valence-corrected chi connectivity index (χ0v) is 14.7. The quantitative estimate of drug-likeness (QED) is 0.556. The van der Waals surface area contributed by atoms with Crippen LogP contribution in [0.25, 0.3) is 0 Å². The summed E-state index contributed by atoms with van der Waals surface area (Å²) >= 11 is 0. The van der Waals surface area contributed by atoms with E-state index in [-0.39, 0.29) is 47.5 Å². The molecule has 1 aliphatic carbocycles. The Kier molecular flexibility index (Phi) is 4.68. The summed E-state index contributed by atoms with van der Waals surface area (Å²) in [5.41, 5.74) is 0.537. The Morgan fingerprint density at radius 1 is 1.32 bits per heavy atom. The molecule has 0 radical (unpaired) electrons. The lowest BCUT2D eigenvalue weighted by Gasteiger charge is -2.28. The number of sulfone groups is 1. The number of benzene rings is 1. The van der Waals surface area contributed by atoms with E-state index in [0.29, 0.717) is 6.42 Å². The van der Waals surface area contributed by atoms with Crippen molar-refractivity contribution in [3.05, 3.63) is 33.9 Å². The van der Waals surface area contributed by atoms with Gasteiger partial charge in [-0.25, -0.2) is 8.42 Å². The molecule has 0 N–H and O–H groups in total. The van der Waals surface area contributed by atoms with Crippen molar-refractivity contribution >= 4 is 21.4 Å². The highest BCUT2D eigenvalue weighted by molar-refractivity contribution is 7.91. The molecule has 1 saturated carbocycles. The lowest BCUT2D eigenvalue weighted by molar-refractivity contribution is -0.385. The Morgan fingerprint density at radius 2 is 2.04 bits per heavy atom. The largest absolute Gasteiger partial charge is 0.477 e. The SMILES string of the molecule is Cc1ccc(OCC(=O)N(C2CC2)[C@@H]2CCS(=O)(=O)C2)c([N+](=O)[O-])c1. The third-order valence-corrected chi connectivity index (χ3v) is 6.24. The van der Waals surface area contributed by atoms with Gasteiger partial charge in [-0.2, -0.15) is 0 Å². The lowest BCUT2D eigenvalue weighted by Crippen LogP contribution is -2.45. The average Bonchev–Trinajstić information content (AvgIpc) is 3.29. The fraction of sp³-hybridized carbons (Fsp3) is 0.562. The highest BCUT2D eigenvalue weighted by Crippen LogP contribution is 2.33. The summed E-state index contributed by atoms with van der Waals surface area (Å²) in [5.74, 6) is -0.198. The van der Waals surface area contributed by atoms with Crippen molar-refractivity contribution in [2.45, 2.75) is 38.3 Å². The van der Waals surface area contributed by atoms with Gasteiger partial charge in [-0.15, -0.1) is 0 Å². The van der Waals surface area contributed by atoms with Crippen molar-refractivity contribution in [2.75, 3.05) is 18.1 Å². The molecule has 1 aromatic carbocycles. The van der Waals surface area contributed by atoms with E-state index >= 15 is 0 Å². The van der Waals surface area contributed by atoms with E-state index in [1.54, 1.807) is 17.9 Å². The minimum atomic E-state index is -3.09. The van der Waals surface area contributed by atoms with Gasteiger partial charge in [-0.05, 0) is 37.8 Å². The van der Waals surface area contributed by atoms with Crippen LogP contribution in [0.15, 0.2) is 18.2 Å². The average molecular weight is 368 g/mol. The van der Waals surface area contributed by atoms with E-state index in [9.17, 15) is 23.3 Å². The van der Waals surface area contributed by atoms with E-state index in [1.807, 2.05) is 0 Å². The molecule has 9 heteroatoms. The van der Waals surface area contributed by atoms with Gasteiger partial charge in [-0.3, -0.25) is 14.9 Å². The molecule has 8 nitrogen and oxygen atoms in total. The summed E-state index contributed by atoms with van der Waals surface area (Å²) in [4.78, 5) is 24.8. The lowest BCUT2D eigenvalue weighted by atomic mass is 10.2. The van der Waals surface area contributed by atoms with Crippen molar-refractivity contribution in [1.29, 1.82) is 0 Å². The summed E-state index contributed by atoms with van der Waals surface area (Å²) in [6.07, 6.45) is 2.15. The predicted molar refractivity (Wildman–Crippen MR) is 90.3 cm³/mol. The number of amides is 1. The summed E-state index contributed by atoms with van der Waals surface area (Å²) < 4.78 is 28.8. The first-order valence-corrected chi connectivity index (χ1v) is 9.98. The van der Waals surface area contributed by atoms with Crippen molar-refractivity contribution in [1.82, 2.24) is 4.90 Å². The number of hydrogen-bond acceptors (Lipinski definition) is 6. The Hall–Kier alpha value is -2.16. The maximum absolute atomic E-state index is 12.6. The summed E-state index contributed by atoms with van der Waals surface area (Å²) in [6, 6.07) is 4.28. The van der Waals surface area contributed by atoms with Gasteiger partial charge < -0.3 is 9.64 Å². The molecule has 1 heterocycles. The van der Waals surface area contributed by atoms with E-state index < -0.39 is 14.8 Å². The minimum absolute atomic E-state index is 0.0140. The van der Waals surface area contributed by atoms with E-state index in [0.717, 1.165) is 18.4 Å². The topological polar surface area (TPSA) is 107 Å². The zero-order chi connectivity index (χ0) is 18.2. The van der Waals surface area contributed by atoms with Crippen LogP contribution in [-0.2, 0) is 14.6 Å². The molecule has 2 fully saturated rings. The van der Waals surface area contributed by atoms with Crippen LogP contribution in [0.1, 0.15) is 24.8 Å². The van der Waals surface area contributed by atoms with Crippen LogP contribution in [0, 0.1) is 17.0 Å². The number of carbonyl (C=O) groups excluding carboxylic acids is 1. The van der Waals surface area contributed by atoms with Crippen LogP contribution in [0.4, 0.5) is 5.69 Å². The van der Waals surface area contributed by atoms with Gasteiger partial charge in [0, 0.05) is 18.2 Å². The Balaban J connectivity index is 1.70. The third kappa shape index (κ3) is 4.09. The van der Waals surface area contributed by atoms with Crippen LogP contribution >= 0.6 is 0 Å². The molecular formula is C16H20N2O6S. The normalized spacial score (nSPS) is 21.7. The smallest absolute Gasteiger partial charge is 0.311 e. The van der Waals surface area contributed by atoms with Crippen LogP contribution in [-0.4, -0.2) is 54.3 Å². The van der Waals surface area contributed by atoms with Crippen LogP contribution in [0.5, 0.6) is 5.75 Å². The Morgan fingerprint density at radius 3 is 2.60 bits per heavy atom. The van der Waals surface area contributed by atoms with Crippen molar-refractivity contribution < 1.29 is 22.9 Å². The molecule has 1 aliphatic heterocycles. The maximum atomic E-state index is 12.6. The molecule has 136 valence electrons. The van der Waals surface area contributed by atoms with Crippen molar-refractivity contribution in [3.63, 3.8) is 0 Å². The predicted octanol–water partition coefficient (Wildman–Crippen LogP) is 1.46. The number of rotatable bonds is 6. The first-order valence-electron chi connectivity index (χ1n) is 8.16. The number of nitro groups is 1. The highest BCUT2D eigenvalue weighted by atomic mass is 32.2. The monoisotopic (exact) mass is 368 g/mol. The highest BCUT2D eigenvalue weighted by Gasteiger charge is 2.42. The Labute approximate surface area is 145 Å². The molecule has 2 aliphatic rings. The van der Waals surface area contributed by atoms with Crippen molar-refractivity contribution in [3.8, 4) is 5.75 Å². The fourth-order valence-electron chi connectivity index (χ4n) is 3.16. The molecule has 3 rings (SSSR count).